The van der Waals surface area contributed by atoms with Crippen LogP contribution in [-0.2, 0) is 16.1 Å². The molecule has 2 saturated heterocycles. The van der Waals surface area contributed by atoms with E-state index in [9.17, 15) is 31.1 Å². The van der Waals surface area contributed by atoms with Crippen LogP contribution in [0.25, 0.3) is 0 Å². The van der Waals surface area contributed by atoms with Crippen molar-refractivity contribution in [2.75, 3.05) is 26.2 Å². The summed E-state index contributed by atoms with van der Waals surface area (Å²) in [6.45, 7) is 4.95. The molecule has 0 aromatic carbocycles. The lowest BCUT2D eigenvalue weighted by atomic mass is 9.71. The van der Waals surface area contributed by atoms with Gasteiger partial charge in [-0.3, -0.25) is 19.7 Å². The summed E-state index contributed by atoms with van der Waals surface area (Å²) in [5, 5.41) is 14.2. The smallest absolute Gasteiger partial charge is 0.475 e. The van der Waals surface area contributed by atoms with Crippen molar-refractivity contribution in [3.05, 3.63) is 54.4 Å². The molecule has 2 fully saturated rings. The largest absolute Gasteiger partial charge is 0.490 e. The standard InChI is InChI=1S/C20H25N5O.2C2HF3O2/c26-19(18-15-22-9-10-23-18)25-13-5-20(6-14-25)3-11-24(12-4-20)16-17-1-7-21-8-2-17;2*3-2(4,5)1(6)7/h1-2,7-10,15H,3-6,11-14,16H2;2*(H,6,7). The number of pyridine rings is 1. The van der Waals surface area contributed by atoms with Gasteiger partial charge in [-0.1, -0.05) is 0 Å². The summed E-state index contributed by atoms with van der Waals surface area (Å²) < 4.78 is 63.5. The number of nitrogens with zero attached hydrogens (tertiary/aromatic N) is 5. The molecule has 1 spiro atoms. The number of aliphatic carboxylic acids is 2. The number of alkyl halides is 6. The Morgan fingerprint density at radius 3 is 1.68 bits per heavy atom. The normalized spacial score (nSPS) is 17.1. The number of carboxylic acid groups (broad SMARTS) is 2. The minimum Gasteiger partial charge on any atom is -0.475 e. The Morgan fingerprint density at radius 1 is 0.775 bits per heavy atom. The van der Waals surface area contributed by atoms with Gasteiger partial charge in [-0.2, -0.15) is 26.3 Å². The molecule has 2 aromatic rings. The van der Waals surface area contributed by atoms with Crippen molar-refractivity contribution >= 4 is 17.8 Å². The number of likely N-dealkylation sites (tertiary alicyclic amines) is 2. The minimum atomic E-state index is -5.08. The molecule has 0 radical (unpaired) electrons. The number of carboxylic acids is 2. The third-order valence-electron chi connectivity index (χ3n) is 6.45. The number of halogens is 6. The lowest BCUT2D eigenvalue weighted by molar-refractivity contribution is -0.193. The van der Waals surface area contributed by atoms with Crippen LogP contribution in [-0.4, -0.2) is 91.3 Å². The van der Waals surface area contributed by atoms with E-state index in [1.807, 2.05) is 17.3 Å². The van der Waals surface area contributed by atoms with Crippen molar-refractivity contribution in [2.24, 2.45) is 5.41 Å². The Morgan fingerprint density at radius 2 is 1.25 bits per heavy atom. The average molecular weight is 579 g/mol. The second kappa shape index (κ2) is 14.0. The molecular formula is C24H27F6N5O5. The van der Waals surface area contributed by atoms with Gasteiger partial charge in [-0.15, -0.1) is 0 Å². The minimum absolute atomic E-state index is 0.0167. The first-order chi connectivity index (χ1) is 18.6. The molecule has 220 valence electrons. The van der Waals surface area contributed by atoms with E-state index < -0.39 is 24.3 Å². The number of hydrogen-bond acceptors (Lipinski definition) is 7. The highest BCUT2D eigenvalue weighted by molar-refractivity contribution is 5.92. The van der Waals surface area contributed by atoms with E-state index in [2.05, 4.69) is 32.0 Å². The number of aromatic nitrogens is 3. The Hall–Kier alpha value is -3.82. The number of hydrogen-bond donors (Lipinski definition) is 2. The summed E-state index contributed by atoms with van der Waals surface area (Å²) in [7, 11) is 0. The number of carbonyl (C=O) groups is 3. The van der Waals surface area contributed by atoms with Gasteiger partial charge in [0.05, 0.1) is 6.20 Å². The second-order valence-electron chi connectivity index (χ2n) is 9.12. The van der Waals surface area contributed by atoms with Crippen LogP contribution >= 0.6 is 0 Å². The number of rotatable bonds is 3. The SMILES string of the molecule is O=C(O)C(F)(F)F.O=C(O)C(F)(F)F.O=C(c1cnccn1)N1CCC2(CCN(Cc3ccncc3)CC2)CC1. The molecule has 4 rings (SSSR count). The van der Waals surface area contributed by atoms with Crippen molar-refractivity contribution in [2.45, 2.75) is 44.6 Å². The molecule has 2 aliphatic heterocycles. The summed E-state index contributed by atoms with van der Waals surface area (Å²) >= 11 is 0. The maximum atomic E-state index is 12.5. The highest BCUT2D eigenvalue weighted by atomic mass is 19.4. The van der Waals surface area contributed by atoms with Gasteiger partial charge >= 0.3 is 24.3 Å². The molecule has 0 atom stereocenters. The third kappa shape index (κ3) is 10.4. The molecule has 10 nitrogen and oxygen atoms in total. The van der Waals surface area contributed by atoms with Gasteiger partial charge in [-0.25, -0.2) is 14.6 Å². The highest BCUT2D eigenvalue weighted by Gasteiger charge is 2.40. The summed E-state index contributed by atoms with van der Waals surface area (Å²) in [5.41, 5.74) is 2.20. The van der Waals surface area contributed by atoms with Crippen LogP contribution in [0.4, 0.5) is 26.3 Å². The van der Waals surface area contributed by atoms with Gasteiger partial charge < -0.3 is 15.1 Å². The van der Waals surface area contributed by atoms with E-state index in [0.29, 0.717) is 11.1 Å². The fourth-order valence-electron chi connectivity index (χ4n) is 4.19. The number of piperidine rings is 2. The Bertz CT molecular complexity index is 1080. The van der Waals surface area contributed by atoms with E-state index in [1.54, 1.807) is 18.6 Å². The van der Waals surface area contributed by atoms with Crippen LogP contribution in [0.15, 0.2) is 43.1 Å². The first kappa shape index (κ1) is 32.4. The molecular weight excluding hydrogens is 552 g/mol. The molecule has 40 heavy (non-hydrogen) atoms. The quantitative estimate of drug-likeness (QED) is 0.522. The summed E-state index contributed by atoms with van der Waals surface area (Å²) in [6.07, 6.45) is 2.96. The predicted molar refractivity (Wildman–Crippen MR) is 126 cm³/mol. The lowest BCUT2D eigenvalue weighted by Gasteiger charge is -2.46. The molecule has 0 aliphatic carbocycles. The van der Waals surface area contributed by atoms with Crippen molar-refractivity contribution in [3.8, 4) is 0 Å². The monoisotopic (exact) mass is 579 g/mol. The van der Waals surface area contributed by atoms with Gasteiger partial charge in [0, 0.05) is 44.4 Å². The van der Waals surface area contributed by atoms with Crippen molar-refractivity contribution < 1.29 is 50.9 Å². The van der Waals surface area contributed by atoms with Gasteiger partial charge in [-0.05, 0) is 61.9 Å². The van der Waals surface area contributed by atoms with Crippen molar-refractivity contribution in [1.29, 1.82) is 0 Å². The fourth-order valence-corrected chi connectivity index (χ4v) is 4.19. The average Bonchev–Trinajstić information content (AvgIpc) is 2.91. The molecule has 0 saturated carbocycles. The Labute approximate surface area is 224 Å². The topological polar surface area (TPSA) is 137 Å². The van der Waals surface area contributed by atoms with Crippen LogP contribution in [0.1, 0.15) is 41.7 Å². The third-order valence-corrected chi connectivity index (χ3v) is 6.45. The summed E-state index contributed by atoms with van der Waals surface area (Å²) in [5.74, 6) is -5.50. The zero-order valence-corrected chi connectivity index (χ0v) is 21.0. The molecule has 2 aliphatic rings. The van der Waals surface area contributed by atoms with Crippen LogP contribution in [0.5, 0.6) is 0 Å². The Balaban J connectivity index is 0.000000333. The van der Waals surface area contributed by atoms with E-state index in [0.717, 1.165) is 45.6 Å². The van der Waals surface area contributed by atoms with Gasteiger partial charge in [0.1, 0.15) is 5.69 Å². The Kier molecular flexibility index (Phi) is 11.3. The van der Waals surface area contributed by atoms with Gasteiger partial charge in [0.25, 0.3) is 5.91 Å². The van der Waals surface area contributed by atoms with Crippen LogP contribution < -0.4 is 0 Å². The molecule has 0 unspecified atom stereocenters. The molecule has 16 heteroatoms. The highest BCUT2D eigenvalue weighted by Crippen LogP contribution is 2.41. The molecule has 0 bridgehead atoms. The zero-order chi connectivity index (χ0) is 30.0. The molecule has 2 N–H and O–H groups in total. The molecule has 1 amide bonds. The fraction of sp³-hybridized carbons (Fsp3) is 0.500. The van der Waals surface area contributed by atoms with Crippen LogP contribution in [0.2, 0.25) is 0 Å². The summed E-state index contributed by atoms with van der Waals surface area (Å²) in [4.78, 5) is 47.1. The first-order valence-corrected chi connectivity index (χ1v) is 11.9. The van der Waals surface area contributed by atoms with E-state index in [1.165, 1.54) is 18.4 Å². The van der Waals surface area contributed by atoms with E-state index in [-0.39, 0.29) is 5.91 Å². The lowest BCUT2D eigenvalue weighted by Crippen LogP contribution is -2.48. The summed E-state index contributed by atoms with van der Waals surface area (Å²) in [6, 6.07) is 4.20. The zero-order valence-electron chi connectivity index (χ0n) is 21.0. The van der Waals surface area contributed by atoms with Gasteiger partial charge in [0.15, 0.2) is 0 Å². The number of carbonyl (C=O) groups excluding carboxylic acids is 1. The molecule has 4 heterocycles. The van der Waals surface area contributed by atoms with Gasteiger partial charge in [0.2, 0.25) is 0 Å². The number of amides is 1. The second-order valence-corrected chi connectivity index (χ2v) is 9.12. The maximum absolute atomic E-state index is 12.5. The van der Waals surface area contributed by atoms with Crippen LogP contribution in [0, 0.1) is 5.41 Å². The maximum Gasteiger partial charge on any atom is 0.490 e. The van der Waals surface area contributed by atoms with E-state index in [4.69, 9.17) is 19.8 Å². The van der Waals surface area contributed by atoms with E-state index >= 15 is 0 Å². The predicted octanol–water partition coefficient (Wildman–Crippen LogP) is 3.66. The van der Waals surface area contributed by atoms with Crippen LogP contribution in [0.3, 0.4) is 0 Å². The van der Waals surface area contributed by atoms with Crippen molar-refractivity contribution in [1.82, 2.24) is 24.8 Å². The first-order valence-electron chi connectivity index (χ1n) is 11.9. The van der Waals surface area contributed by atoms with Crippen molar-refractivity contribution in [3.63, 3.8) is 0 Å². The molecule has 2 aromatic heterocycles.